The summed E-state index contributed by atoms with van der Waals surface area (Å²) in [7, 11) is 0. The van der Waals surface area contributed by atoms with Gasteiger partial charge in [0.15, 0.2) is 0 Å². The lowest BCUT2D eigenvalue weighted by Gasteiger charge is -2.47. The van der Waals surface area contributed by atoms with Gasteiger partial charge in [0.25, 0.3) is 5.79 Å². The zero-order valence-electron chi connectivity index (χ0n) is 6.45. The highest BCUT2D eigenvalue weighted by molar-refractivity contribution is 5.04. The zero-order chi connectivity index (χ0) is 7.31. The van der Waals surface area contributed by atoms with E-state index in [-0.39, 0.29) is 5.79 Å². The lowest BCUT2D eigenvalue weighted by molar-refractivity contribution is -0.256. The zero-order valence-corrected chi connectivity index (χ0v) is 6.45. The summed E-state index contributed by atoms with van der Waals surface area (Å²) < 4.78 is 11.0. The summed E-state index contributed by atoms with van der Waals surface area (Å²) in [6.07, 6.45) is 8.54. The van der Waals surface area contributed by atoms with Gasteiger partial charge in [-0.15, -0.1) is 0 Å². The molecule has 3 aliphatic rings. The van der Waals surface area contributed by atoms with Crippen molar-refractivity contribution >= 4 is 0 Å². The maximum atomic E-state index is 5.49. The summed E-state index contributed by atoms with van der Waals surface area (Å²) in [5.74, 6) is 1.40. The van der Waals surface area contributed by atoms with Crippen molar-refractivity contribution in [2.24, 2.45) is 11.8 Å². The minimum absolute atomic E-state index is 0.193. The van der Waals surface area contributed by atoms with Crippen molar-refractivity contribution in [3.8, 4) is 0 Å². The molecule has 2 saturated carbocycles. The SMILES string of the molecule is C1=COC2(C[C@H]3CCC[C@H]32)O1. The molecule has 0 saturated heterocycles. The van der Waals surface area contributed by atoms with Crippen molar-refractivity contribution in [3.63, 3.8) is 0 Å². The van der Waals surface area contributed by atoms with E-state index < -0.39 is 0 Å². The number of hydrogen-bond donors (Lipinski definition) is 0. The van der Waals surface area contributed by atoms with Gasteiger partial charge in [0.1, 0.15) is 12.5 Å². The van der Waals surface area contributed by atoms with Crippen LogP contribution in [-0.4, -0.2) is 5.79 Å². The summed E-state index contributed by atoms with van der Waals surface area (Å²) in [6.45, 7) is 0. The maximum Gasteiger partial charge on any atom is 0.253 e. The molecule has 2 aliphatic carbocycles. The molecule has 0 aromatic carbocycles. The van der Waals surface area contributed by atoms with Crippen LogP contribution in [0.1, 0.15) is 25.7 Å². The molecule has 1 spiro atoms. The highest BCUT2D eigenvalue weighted by atomic mass is 16.7. The Morgan fingerprint density at radius 3 is 2.73 bits per heavy atom. The fourth-order valence-corrected chi connectivity index (χ4v) is 2.80. The molecule has 2 fully saturated rings. The average molecular weight is 152 g/mol. The molecule has 3 rings (SSSR count). The molecule has 2 heteroatoms. The van der Waals surface area contributed by atoms with E-state index in [0.29, 0.717) is 5.92 Å². The smallest absolute Gasteiger partial charge is 0.253 e. The molecule has 1 heterocycles. The Kier molecular flexibility index (Phi) is 0.935. The standard InChI is InChI=1S/C9H12O2/c1-2-7-6-9(8(7)3-1)10-4-5-11-9/h4-5,7-8H,1-3,6H2/t7-,8-/m1/s1. The fourth-order valence-electron chi connectivity index (χ4n) is 2.80. The van der Waals surface area contributed by atoms with Crippen molar-refractivity contribution in [3.05, 3.63) is 12.5 Å². The molecule has 0 radical (unpaired) electrons. The van der Waals surface area contributed by atoms with Crippen LogP contribution in [0.15, 0.2) is 12.5 Å². The van der Waals surface area contributed by atoms with Gasteiger partial charge in [0.05, 0.1) is 0 Å². The van der Waals surface area contributed by atoms with E-state index in [2.05, 4.69) is 0 Å². The highest BCUT2D eigenvalue weighted by Gasteiger charge is 2.60. The minimum atomic E-state index is -0.193. The molecule has 2 atom stereocenters. The van der Waals surface area contributed by atoms with Crippen LogP contribution >= 0.6 is 0 Å². The second-order valence-electron chi connectivity index (χ2n) is 3.82. The van der Waals surface area contributed by atoms with Crippen molar-refractivity contribution < 1.29 is 9.47 Å². The van der Waals surface area contributed by atoms with Crippen LogP contribution in [0, 0.1) is 11.8 Å². The molecule has 0 bridgehead atoms. The van der Waals surface area contributed by atoms with Crippen LogP contribution < -0.4 is 0 Å². The van der Waals surface area contributed by atoms with E-state index >= 15 is 0 Å². The molecule has 0 aromatic heterocycles. The lowest BCUT2D eigenvalue weighted by atomic mass is 9.70. The average Bonchev–Trinajstić information content (AvgIpc) is 2.52. The van der Waals surface area contributed by atoms with E-state index in [4.69, 9.17) is 9.47 Å². The van der Waals surface area contributed by atoms with Gasteiger partial charge in [-0.2, -0.15) is 0 Å². The fraction of sp³-hybridized carbons (Fsp3) is 0.778. The lowest BCUT2D eigenvalue weighted by Crippen LogP contribution is -2.52. The number of ether oxygens (including phenoxy) is 2. The van der Waals surface area contributed by atoms with Gasteiger partial charge < -0.3 is 9.47 Å². The van der Waals surface area contributed by atoms with Crippen LogP contribution in [-0.2, 0) is 9.47 Å². The first-order chi connectivity index (χ1) is 5.41. The highest BCUT2D eigenvalue weighted by Crippen LogP contribution is 2.57. The molecule has 2 nitrogen and oxygen atoms in total. The topological polar surface area (TPSA) is 18.5 Å². The largest absolute Gasteiger partial charge is 0.456 e. The summed E-state index contributed by atoms with van der Waals surface area (Å²) in [5, 5.41) is 0. The van der Waals surface area contributed by atoms with Gasteiger partial charge in [0, 0.05) is 12.3 Å². The summed E-state index contributed by atoms with van der Waals surface area (Å²) in [5.41, 5.74) is 0. The Hall–Kier alpha value is -0.660. The van der Waals surface area contributed by atoms with E-state index in [9.17, 15) is 0 Å². The predicted octanol–water partition coefficient (Wildman–Crippen LogP) is 2.02. The van der Waals surface area contributed by atoms with E-state index in [1.807, 2.05) is 0 Å². The second kappa shape index (κ2) is 1.74. The normalized spacial score (nSPS) is 42.9. The molecule has 0 aromatic rings. The van der Waals surface area contributed by atoms with Crippen molar-refractivity contribution in [1.29, 1.82) is 0 Å². The third-order valence-corrected chi connectivity index (χ3v) is 3.36. The van der Waals surface area contributed by atoms with Crippen LogP contribution in [0.5, 0.6) is 0 Å². The Morgan fingerprint density at radius 2 is 2.00 bits per heavy atom. The third-order valence-electron chi connectivity index (χ3n) is 3.36. The van der Waals surface area contributed by atoms with Gasteiger partial charge >= 0.3 is 0 Å². The van der Waals surface area contributed by atoms with Crippen LogP contribution in [0.25, 0.3) is 0 Å². The maximum absolute atomic E-state index is 5.49. The number of fused-ring (bicyclic) bond motifs is 2. The van der Waals surface area contributed by atoms with Gasteiger partial charge in [-0.1, -0.05) is 6.42 Å². The Balaban J connectivity index is 1.82. The quantitative estimate of drug-likeness (QED) is 0.528. The van der Waals surface area contributed by atoms with Crippen molar-refractivity contribution in [2.45, 2.75) is 31.5 Å². The van der Waals surface area contributed by atoms with E-state index in [1.54, 1.807) is 12.5 Å². The van der Waals surface area contributed by atoms with Gasteiger partial charge in [0.2, 0.25) is 0 Å². The molecule has 0 unspecified atom stereocenters. The molecule has 11 heavy (non-hydrogen) atoms. The van der Waals surface area contributed by atoms with Crippen LogP contribution in [0.3, 0.4) is 0 Å². The molecule has 0 N–H and O–H groups in total. The first-order valence-corrected chi connectivity index (χ1v) is 4.41. The van der Waals surface area contributed by atoms with Gasteiger partial charge in [-0.25, -0.2) is 0 Å². The minimum Gasteiger partial charge on any atom is -0.456 e. The second-order valence-corrected chi connectivity index (χ2v) is 3.82. The first-order valence-electron chi connectivity index (χ1n) is 4.41. The first kappa shape index (κ1) is 5.92. The summed E-state index contributed by atoms with van der Waals surface area (Å²) in [4.78, 5) is 0. The Morgan fingerprint density at radius 1 is 1.18 bits per heavy atom. The van der Waals surface area contributed by atoms with Crippen molar-refractivity contribution in [1.82, 2.24) is 0 Å². The van der Waals surface area contributed by atoms with Crippen molar-refractivity contribution in [2.75, 3.05) is 0 Å². The van der Waals surface area contributed by atoms with Gasteiger partial charge in [-0.3, -0.25) is 0 Å². The molecule has 1 aliphatic heterocycles. The Labute approximate surface area is 66.2 Å². The van der Waals surface area contributed by atoms with Crippen LogP contribution in [0.2, 0.25) is 0 Å². The van der Waals surface area contributed by atoms with Crippen LogP contribution in [0.4, 0.5) is 0 Å². The molecule has 60 valence electrons. The third kappa shape index (κ3) is 0.585. The number of hydrogen-bond acceptors (Lipinski definition) is 2. The van der Waals surface area contributed by atoms with E-state index in [1.165, 1.54) is 19.3 Å². The molecule has 0 amide bonds. The molecular formula is C9H12O2. The summed E-state index contributed by atoms with van der Waals surface area (Å²) >= 11 is 0. The monoisotopic (exact) mass is 152 g/mol. The molecular weight excluding hydrogens is 140 g/mol. The summed E-state index contributed by atoms with van der Waals surface area (Å²) in [6, 6.07) is 0. The van der Waals surface area contributed by atoms with Gasteiger partial charge in [-0.05, 0) is 18.8 Å². The predicted molar refractivity (Wildman–Crippen MR) is 39.5 cm³/mol. The Bertz CT molecular complexity index is 202. The van der Waals surface area contributed by atoms with E-state index in [0.717, 1.165) is 12.3 Å². The number of rotatable bonds is 0.